The third-order valence-corrected chi connectivity index (χ3v) is 4.44. The number of nitrogens with one attached hydrogen (secondary N) is 2. The van der Waals surface area contributed by atoms with Crippen molar-refractivity contribution in [2.24, 2.45) is 0 Å². The Balaban J connectivity index is 1.70. The molecule has 1 amide bonds. The molecule has 140 valence electrons. The number of nitrogens with zero attached hydrogens (tertiary/aromatic N) is 3. The van der Waals surface area contributed by atoms with Crippen LogP contribution in [-0.2, 0) is 4.79 Å². The number of hydrogen-bond acceptors (Lipinski definition) is 4. The summed E-state index contributed by atoms with van der Waals surface area (Å²) < 4.78 is 1.81. The molecule has 0 aliphatic rings. The molecule has 0 aliphatic carbocycles. The number of rotatable bonds is 4. The fourth-order valence-corrected chi connectivity index (χ4v) is 3.10. The van der Waals surface area contributed by atoms with Gasteiger partial charge in [0.15, 0.2) is 5.65 Å². The van der Waals surface area contributed by atoms with Crippen molar-refractivity contribution < 1.29 is 4.79 Å². The molecular formula is C22H21N5O. The first-order valence-electron chi connectivity index (χ1n) is 9.07. The van der Waals surface area contributed by atoms with Gasteiger partial charge >= 0.3 is 0 Å². The van der Waals surface area contributed by atoms with Crippen LogP contribution in [-0.4, -0.2) is 20.5 Å². The van der Waals surface area contributed by atoms with E-state index in [2.05, 4.69) is 46.9 Å². The molecule has 0 atom stereocenters. The summed E-state index contributed by atoms with van der Waals surface area (Å²) in [6.45, 7) is 5.53. The van der Waals surface area contributed by atoms with Crippen LogP contribution in [0.3, 0.4) is 0 Å². The lowest BCUT2D eigenvalue weighted by molar-refractivity contribution is -0.114. The highest BCUT2D eigenvalue weighted by molar-refractivity contribution is 5.89. The fourth-order valence-electron chi connectivity index (χ4n) is 3.10. The molecule has 2 heterocycles. The minimum atomic E-state index is -0.0904. The Bertz CT molecular complexity index is 1140. The van der Waals surface area contributed by atoms with E-state index in [-0.39, 0.29) is 5.91 Å². The molecule has 0 aliphatic heterocycles. The number of carbonyl (C=O) groups is 1. The lowest BCUT2D eigenvalue weighted by Gasteiger charge is -2.11. The summed E-state index contributed by atoms with van der Waals surface area (Å²) >= 11 is 0. The number of amides is 1. The first kappa shape index (κ1) is 17.7. The van der Waals surface area contributed by atoms with Gasteiger partial charge in [0.05, 0.1) is 6.20 Å². The van der Waals surface area contributed by atoms with E-state index in [0.717, 1.165) is 39.7 Å². The van der Waals surface area contributed by atoms with Gasteiger partial charge in [0.1, 0.15) is 5.82 Å². The van der Waals surface area contributed by atoms with Crippen molar-refractivity contribution in [1.29, 1.82) is 0 Å². The summed E-state index contributed by atoms with van der Waals surface area (Å²) in [6.07, 6.45) is 1.84. The minimum Gasteiger partial charge on any atom is -0.340 e. The normalized spacial score (nSPS) is 10.8. The van der Waals surface area contributed by atoms with E-state index in [9.17, 15) is 4.79 Å². The Morgan fingerprint density at radius 2 is 1.64 bits per heavy atom. The Morgan fingerprint density at radius 3 is 2.32 bits per heavy atom. The predicted octanol–water partition coefficient (Wildman–Crippen LogP) is 4.72. The molecule has 6 heteroatoms. The molecule has 0 bridgehead atoms. The monoisotopic (exact) mass is 371 g/mol. The number of fused-ring (bicyclic) bond motifs is 1. The van der Waals surface area contributed by atoms with Crippen molar-refractivity contribution in [3.05, 3.63) is 72.1 Å². The minimum absolute atomic E-state index is 0.0904. The molecule has 2 aromatic heterocycles. The van der Waals surface area contributed by atoms with Gasteiger partial charge in [-0.2, -0.15) is 9.61 Å². The highest BCUT2D eigenvalue weighted by Crippen LogP contribution is 2.27. The average molecular weight is 371 g/mol. The molecule has 6 nitrogen and oxygen atoms in total. The summed E-state index contributed by atoms with van der Waals surface area (Å²) in [5.74, 6) is 0.737. The molecule has 4 aromatic rings. The first-order valence-corrected chi connectivity index (χ1v) is 9.07. The predicted molar refractivity (Wildman–Crippen MR) is 112 cm³/mol. The largest absolute Gasteiger partial charge is 0.340 e. The second-order valence-electron chi connectivity index (χ2n) is 6.83. The Morgan fingerprint density at radius 1 is 0.964 bits per heavy atom. The van der Waals surface area contributed by atoms with E-state index in [1.807, 2.05) is 48.0 Å². The zero-order chi connectivity index (χ0) is 19.7. The molecule has 0 unspecified atom stereocenters. The maximum atomic E-state index is 11.2. The third kappa shape index (κ3) is 3.57. The lowest BCUT2D eigenvalue weighted by Crippen LogP contribution is -2.06. The van der Waals surface area contributed by atoms with Gasteiger partial charge in [0.2, 0.25) is 5.91 Å². The molecule has 0 radical (unpaired) electrons. The maximum absolute atomic E-state index is 11.2. The summed E-state index contributed by atoms with van der Waals surface area (Å²) in [6, 6.07) is 17.9. The number of hydrogen-bond donors (Lipinski definition) is 2. The van der Waals surface area contributed by atoms with E-state index in [0.29, 0.717) is 0 Å². The van der Waals surface area contributed by atoms with E-state index < -0.39 is 0 Å². The molecule has 0 saturated heterocycles. The smallest absolute Gasteiger partial charge is 0.221 e. The van der Waals surface area contributed by atoms with E-state index in [4.69, 9.17) is 4.98 Å². The number of aromatic nitrogens is 3. The molecule has 4 rings (SSSR count). The lowest BCUT2D eigenvalue weighted by atomic mass is 10.1. The third-order valence-electron chi connectivity index (χ3n) is 4.44. The van der Waals surface area contributed by atoms with Gasteiger partial charge in [0, 0.05) is 35.6 Å². The molecule has 0 spiro atoms. The summed E-state index contributed by atoms with van der Waals surface area (Å²) in [4.78, 5) is 15.9. The SMILES string of the molecule is CC(=O)Nc1ccc(Nc2cc(C)nc3c(-c4ccc(C)cc4)cnn23)cc1. The van der Waals surface area contributed by atoms with E-state index in [1.165, 1.54) is 12.5 Å². The number of carbonyl (C=O) groups excluding carboxylic acids is 1. The van der Waals surface area contributed by atoms with Crippen molar-refractivity contribution in [3.63, 3.8) is 0 Å². The van der Waals surface area contributed by atoms with Gasteiger partial charge in [-0.1, -0.05) is 29.8 Å². The molecule has 0 saturated carbocycles. The Kier molecular flexibility index (Phi) is 4.53. The Hall–Kier alpha value is -3.67. The molecule has 28 heavy (non-hydrogen) atoms. The van der Waals surface area contributed by atoms with Crippen molar-refractivity contribution in [2.45, 2.75) is 20.8 Å². The standard InChI is InChI=1S/C22H21N5O/c1-14-4-6-17(7-5-14)20-13-23-27-21(12-15(2)24-22(20)27)26-19-10-8-18(9-11-19)25-16(3)28/h4-13,26H,1-3H3,(H,25,28). The average Bonchev–Trinajstić information content (AvgIpc) is 3.07. The van der Waals surface area contributed by atoms with Crippen LogP contribution in [0.5, 0.6) is 0 Å². The van der Waals surface area contributed by atoms with Crippen molar-refractivity contribution in [3.8, 4) is 11.1 Å². The quantitative estimate of drug-likeness (QED) is 0.545. The van der Waals surface area contributed by atoms with Gasteiger partial charge in [-0.15, -0.1) is 0 Å². The van der Waals surface area contributed by atoms with Crippen LogP contribution in [0.1, 0.15) is 18.2 Å². The zero-order valence-electron chi connectivity index (χ0n) is 16.0. The second kappa shape index (κ2) is 7.15. The number of benzene rings is 2. The first-order chi connectivity index (χ1) is 13.5. The van der Waals surface area contributed by atoms with Gasteiger partial charge < -0.3 is 10.6 Å². The molecule has 2 N–H and O–H groups in total. The van der Waals surface area contributed by atoms with Crippen LogP contribution < -0.4 is 10.6 Å². The zero-order valence-corrected chi connectivity index (χ0v) is 16.0. The van der Waals surface area contributed by atoms with Crippen molar-refractivity contribution in [1.82, 2.24) is 14.6 Å². The molecule has 2 aromatic carbocycles. The van der Waals surface area contributed by atoms with E-state index in [1.54, 1.807) is 0 Å². The topological polar surface area (TPSA) is 71.3 Å². The molecule has 0 fully saturated rings. The summed E-state index contributed by atoms with van der Waals surface area (Å²) in [7, 11) is 0. The van der Waals surface area contributed by atoms with Crippen LogP contribution in [0.25, 0.3) is 16.8 Å². The Labute approximate surface area is 163 Å². The van der Waals surface area contributed by atoms with Crippen molar-refractivity contribution >= 4 is 28.7 Å². The summed E-state index contributed by atoms with van der Waals surface area (Å²) in [5, 5.41) is 10.7. The van der Waals surface area contributed by atoms with Crippen LogP contribution >= 0.6 is 0 Å². The van der Waals surface area contributed by atoms with Crippen molar-refractivity contribution in [2.75, 3.05) is 10.6 Å². The highest BCUT2D eigenvalue weighted by Gasteiger charge is 2.12. The van der Waals surface area contributed by atoms with E-state index >= 15 is 0 Å². The highest BCUT2D eigenvalue weighted by atomic mass is 16.1. The second-order valence-corrected chi connectivity index (χ2v) is 6.83. The maximum Gasteiger partial charge on any atom is 0.221 e. The van der Waals surface area contributed by atoms with Crippen LogP contribution in [0.4, 0.5) is 17.2 Å². The van der Waals surface area contributed by atoms with Gasteiger partial charge in [-0.3, -0.25) is 4.79 Å². The molecular weight excluding hydrogens is 350 g/mol. The number of anilines is 3. The van der Waals surface area contributed by atoms with Crippen LogP contribution in [0.2, 0.25) is 0 Å². The van der Waals surface area contributed by atoms with Crippen LogP contribution in [0, 0.1) is 13.8 Å². The van der Waals surface area contributed by atoms with Gasteiger partial charge in [0.25, 0.3) is 0 Å². The van der Waals surface area contributed by atoms with Gasteiger partial charge in [-0.05, 0) is 43.7 Å². The number of aryl methyl sites for hydroxylation is 2. The van der Waals surface area contributed by atoms with Crippen LogP contribution in [0.15, 0.2) is 60.8 Å². The van der Waals surface area contributed by atoms with Gasteiger partial charge in [-0.25, -0.2) is 4.98 Å². The fraction of sp³-hybridized carbons (Fsp3) is 0.136. The summed E-state index contributed by atoms with van der Waals surface area (Å²) in [5.41, 5.74) is 6.66.